The topological polar surface area (TPSA) is 89.4 Å². The molecule has 1 rings (SSSR count). The van der Waals surface area contributed by atoms with Crippen LogP contribution in [0.5, 0.6) is 0 Å². The summed E-state index contributed by atoms with van der Waals surface area (Å²) in [7, 11) is -1.71. The van der Waals surface area contributed by atoms with Gasteiger partial charge in [0.2, 0.25) is 10.0 Å². The van der Waals surface area contributed by atoms with Gasteiger partial charge in [0.25, 0.3) is 0 Å². The molecule has 0 radical (unpaired) electrons. The van der Waals surface area contributed by atoms with Gasteiger partial charge in [-0.15, -0.1) is 0 Å². The molecule has 84 valence electrons. The second-order valence-electron chi connectivity index (χ2n) is 3.25. The SMILES string of the molecule is CN(CCN)c1ccc(S(N)(=O)=O)cc1. The van der Waals surface area contributed by atoms with Gasteiger partial charge in [0.15, 0.2) is 0 Å². The quantitative estimate of drug-likeness (QED) is 0.743. The third-order valence-electron chi connectivity index (χ3n) is 2.07. The van der Waals surface area contributed by atoms with E-state index in [1.54, 1.807) is 12.1 Å². The van der Waals surface area contributed by atoms with E-state index in [1.807, 2.05) is 11.9 Å². The third-order valence-corrected chi connectivity index (χ3v) is 3.00. The largest absolute Gasteiger partial charge is 0.373 e. The average molecular weight is 229 g/mol. The third kappa shape index (κ3) is 3.19. The summed E-state index contributed by atoms with van der Waals surface area (Å²) in [6, 6.07) is 6.38. The zero-order valence-corrected chi connectivity index (χ0v) is 9.37. The maximum absolute atomic E-state index is 11.0. The van der Waals surface area contributed by atoms with Gasteiger partial charge in [-0.2, -0.15) is 0 Å². The van der Waals surface area contributed by atoms with Crippen molar-refractivity contribution in [2.24, 2.45) is 10.9 Å². The van der Waals surface area contributed by atoms with E-state index in [4.69, 9.17) is 10.9 Å². The number of nitrogens with zero attached hydrogens (tertiary/aromatic N) is 1. The first kappa shape index (κ1) is 12.0. The molecule has 0 aliphatic carbocycles. The highest BCUT2D eigenvalue weighted by molar-refractivity contribution is 7.89. The average Bonchev–Trinajstić information content (AvgIpc) is 2.17. The second kappa shape index (κ2) is 4.61. The molecule has 0 aromatic heterocycles. The van der Waals surface area contributed by atoms with Crippen LogP contribution in [0.2, 0.25) is 0 Å². The summed E-state index contributed by atoms with van der Waals surface area (Å²) in [6.45, 7) is 1.27. The summed E-state index contributed by atoms with van der Waals surface area (Å²) >= 11 is 0. The molecular formula is C9H15N3O2S. The van der Waals surface area contributed by atoms with E-state index in [0.29, 0.717) is 13.1 Å². The molecule has 15 heavy (non-hydrogen) atoms. The van der Waals surface area contributed by atoms with E-state index >= 15 is 0 Å². The molecule has 0 saturated carbocycles. The van der Waals surface area contributed by atoms with Crippen molar-refractivity contribution < 1.29 is 8.42 Å². The number of anilines is 1. The van der Waals surface area contributed by atoms with Gasteiger partial charge in [-0.1, -0.05) is 0 Å². The summed E-state index contributed by atoms with van der Waals surface area (Å²) < 4.78 is 22.0. The number of primary sulfonamides is 1. The number of sulfonamides is 1. The van der Waals surface area contributed by atoms with Crippen LogP contribution < -0.4 is 15.8 Å². The number of hydrogen-bond acceptors (Lipinski definition) is 4. The Morgan fingerprint density at radius 1 is 1.27 bits per heavy atom. The van der Waals surface area contributed by atoms with Crippen molar-refractivity contribution in [1.29, 1.82) is 0 Å². The van der Waals surface area contributed by atoms with E-state index in [2.05, 4.69) is 0 Å². The molecule has 1 aromatic carbocycles. The van der Waals surface area contributed by atoms with Gasteiger partial charge < -0.3 is 10.6 Å². The Morgan fingerprint density at radius 3 is 2.20 bits per heavy atom. The molecule has 0 amide bonds. The van der Waals surface area contributed by atoms with Gasteiger partial charge in [0, 0.05) is 25.8 Å². The predicted octanol–water partition coefficient (Wildman–Crippen LogP) is -0.271. The van der Waals surface area contributed by atoms with E-state index < -0.39 is 10.0 Å². The van der Waals surface area contributed by atoms with Gasteiger partial charge >= 0.3 is 0 Å². The minimum absolute atomic E-state index is 0.118. The predicted molar refractivity (Wildman–Crippen MR) is 60.1 cm³/mol. The Kier molecular flexibility index (Phi) is 3.67. The van der Waals surface area contributed by atoms with Crippen LogP contribution in [0.3, 0.4) is 0 Å². The molecule has 0 fully saturated rings. The van der Waals surface area contributed by atoms with Crippen molar-refractivity contribution in [3.05, 3.63) is 24.3 Å². The van der Waals surface area contributed by atoms with Crippen LogP contribution in [0, 0.1) is 0 Å². The molecule has 0 aliphatic rings. The number of likely N-dealkylation sites (N-methyl/N-ethyl adjacent to an activating group) is 1. The lowest BCUT2D eigenvalue weighted by Crippen LogP contribution is -2.24. The number of nitrogens with two attached hydrogens (primary N) is 2. The van der Waals surface area contributed by atoms with Gasteiger partial charge in [-0.05, 0) is 24.3 Å². The molecule has 4 N–H and O–H groups in total. The molecular weight excluding hydrogens is 214 g/mol. The van der Waals surface area contributed by atoms with Crippen molar-refractivity contribution in [3.8, 4) is 0 Å². The molecule has 0 saturated heterocycles. The van der Waals surface area contributed by atoms with Crippen LogP contribution in [-0.2, 0) is 10.0 Å². The van der Waals surface area contributed by atoms with Gasteiger partial charge in [-0.3, -0.25) is 0 Å². The van der Waals surface area contributed by atoms with Crippen LogP contribution >= 0.6 is 0 Å². The van der Waals surface area contributed by atoms with E-state index in [1.165, 1.54) is 12.1 Å². The van der Waals surface area contributed by atoms with Gasteiger partial charge in [0.05, 0.1) is 4.90 Å². The smallest absolute Gasteiger partial charge is 0.238 e. The Balaban J connectivity index is 2.90. The Hall–Kier alpha value is -1.11. The number of benzene rings is 1. The Labute approximate surface area is 89.7 Å². The summed E-state index contributed by atoms with van der Waals surface area (Å²) in [5, 5.41) is 4.98. The molecule has 0 bridgehead atoms. The fraction of sp³-hybridized carbons (Fsp3) is 0.333. The van der Waals surface area contributed by atoms with Crippen LogP contribution in [-0.4, -0.2) is 28.6 Å². The second-order valence-corrected chi connectivity index (χ2v) is 4.81. The normalized spacial score (nSPS) is 11.4. The van der Waals surface area contributed by atoms with Gasteiger partial charge in [0.1, 0.15) is 0 Å². The van der Waals surface area contributed by atoms with Crippen LogP contribution in [0.1, 0.15) is 0 Å². The molecule has 0 atom stereocenters. The van der Waals surface area contributed by atoms with Crippen molar-refractivity contribution in [3.63, 3.8) is 0 Å². The first-order valence-corrected chi connectivity index (χ1v) is 6.04. The highest BCUT2D eigenvalue weighted by Gasteiger charge is 2.07. The number of hydrogen-bond donors (Lipinski definition) is 2. The maximum atomic E-state index is 11.0. The van der Waals surface area contributed by atoms with E-state index in [0.717, 1.165) is 5.69 Å². The highest BCUT2D eigenvalue weighted by Crippen LogP contribution is 2.15. The van der Waals surface area contributed by atoms with Crippen molar-refractivity contribution >= 4 is 15.7 Å². The van der Waals surface area contributed by atoms with Crippen molar-refractivity contribution in [1.82, 2.24) is 0 Å². The zero-order chi connectivity index (χ0) is 11.5. The van der Waals surface area contributed by atoms with E-state index in [-0.39, 0.29) is 4.90 Å². The maximum Gasteiger partial charge on any atom is 0.238 e. The fourth-order valence-corrected chi connectivity index (χ4v) is 1.73. The molecule has 0 aliphatic heterocycles. The summed E-state index contributed by atoms with van der Waals surface area (Å²) in [4.78, 5) is 2.06. The summed E-state index contributed by atoms with van der Waals surface area (Å²) in [6.07, 6.45) is 0. The lowest BCUT2D eigenvalue weighted by atomic mass is 10.3. The standard InChI is InChI=1S/C9H15N3O2S/c1-12(7-6-10)8-2-4-9(5-3-8)15(11,13)14/h2-5H,6-7,10H2,1H3,(H2,11,13,14). The molecule has 0 unspecified atom stereocenters. The van der Waals surface area contributed by atoms with Crippen LogP contribution in [0.15, 0.2) is 29.2 Å². The van der Waals surface area contributed by atoms with E-state index in [9.17, 15) is 8.42 Å². The molecule has 0 heterocycles. The summed E-state index contributed by atoms with van der Waals surface area (Å²) in [5.74, 6) is 0. The van der Waals surface area contributed by atoms with Crippen LogP contribution in [0.25, 0.3) is 0 Å². The molecule has 1 aromatic rings. The lowest BCUT2D eigenvalue weighted by molar-refractivity contribution is 0.598. The highest BCUT2D eigenvalue weighted by atomic mass is 32.2. The first-order chi connectivity index (χ1) is 6.95. The molecule has 6 heteroatoms. The molecule has 0 spiro atoms. The minimum atomic E-state index is -3.60. The Morgan fingerprint density at radius 2 is 1.80 bits per heavy atom. The first-order valence-electron chi connectivity index (χ1n) is 4.49. The minimum Gasteiger partial charge on any atom is -0.373 e. The van der Waals surface area contributed by atoms with Gasteiger partial charge in [-0.25, -0.2) is 13.6 Å². The zero-order valence-electron chi connectivity index (χ0n) is 8.55. The van der Waals surface area contributed by atoms with Crippen LogP contribution in [0.4, 0.5) is 5.69 Å². The molecule has 5 nitrogen and oxygen atoms in total. The summed E-state index contributed by atoms with van der Waals surface area (Å²) in [5.41, 5.74) is 6.32. The Bertz CT molecular complexity index is 413. The lowest BCUT2D eigenvalue weighted by Gasteiger charge is -2.18. The number of rotatable bonds is 4. The fourth-order valence-electron chi connectivity index (χ4n) is 1.21. The van der Waals surface area contributed by atoms with Crippen molar-refractivity contribution in [2.75, 3.05) is 25.0 Å². The monoisotopic (exact) mass is 229 g/mol. The van der Waals surface area contributed by atoms with Crippen molar-refractivity contribution in [2.45, 2.75) is 4.90 Å².